The molecule has 1 spiro atoms. The first kappa shape index (κ1) is 25.4. The molecule has 0 amide bonds. The van der Waals surface area contributed by atoms with Gasteiger partial charge in [-0.2, -0.15) is 0 Å². The van der Waals surface area contributed by atoms with Gasteiger partial charge in [-0.25, -0.2) is 0 Å². The largest absolute Gasteiger partial charge is 0.598 e. The molecule has 3 rings (SSSR count). The van der Waals surface area contributed by atoms with E-state index in [0.717, 1.165) is 34.3 Å². The molecule has 174 valence electrons. The summed E-state index contributed by atoms with van der Waals surface area (Å²) in [7, 11) is 5.83. The molecule has 1 N–H and O–H groups in total. The molecule has 0 aromatic heterocycles. The van der Waals surface area contributed by atoms with Crippen LogP contribution >= 0.6 is 28.1 Å². The van der Waals surface area contributed by atoms with Crippen molar-refractivity contribution in [3.8, 4) is 0 Å². The molecule has 1 saturated carbocycles. The van der Waals surface area contributed by atoms with E-state index in [1.807, 2.05) is 46.9 Å². The van der Waals surface area contributed by atoms with Crippen LogP contribution in [0.2, 0.25) is 0 Å². The molecule has 1 fully saturated rings. The van der Waals surface area contributed by atoms with Gasteiger partial charge in [0.1, 0.15) is 15.3 Å². The Bertz CT molecular complexity index is 829. The molecule has 0 radical (unpaired) electrons. The van der Waals surface area contributed by atoms with Gasteiger partial charge in [-0.05, 0) is 75.1 Å². The summed E-state index contributed by atoms with van der Waals surface area (Å²) >= 11 is 8.58. The number of nitrogens with zero attached hydrogens (tertiary/aromatic N) is 1. The smallest absolute Gasteiger partial charge is 0.144 e. The lowest BCUT2D eigenvalue weighted by molar-refractivity contribution is -0.0678. The number of benzene rings is 1. The van der Waals surface area contributed by atoms with E-state index >= 15 is 0 Å². The maximum absolute atomic E-state index is 13.6. The zero-order chi connectivity index (χ0) is 23.4. The molecule has 2 aliphatic rings. The van der Waals surface area contributed by atoms with Crippen LogP contribution in [0.25, 0.3) is 0 Å². The van der Waals surface area contributed by atoms with Crippen molar-refractivity contribution < 1.29 is 9.29 Å². The minimum Gasteiger partial charge on any atom is -0.598 e. The average molecular weight is 530 g/mol. The second-order valence-electron chi connectivity index (χ2n) is 10.8. The number of fused-ring (bicyclic) bond motifs is 1. The van der Waals surface area contributed by atoms with E-state index in [9.17, 15) is 4.55 Å². The minimum absolute atomic E-state index is 0.174. The molecule has 0 aliphatic heterocycles. The van der Waals surface area contributed by atoms with Gasteiger partial charge in [0.25, 0.3) is 0 Å². The van der Waals surface area contributed by atoms with E-state index in [-0.39, 0.29) is 11.5 Å². The van der Waals surface area contributed by atoms with E-state index in [1.54, 1.807) is 0 Å². The van der Waals surface area contributed by atoms with Gasteiger partial charge in [-0.15, -0.1) is 4.72 Å². The monoisotopic (exact) mass is 528 g/mol. The van der Waals surface area contributed by atoms with Crippen LogP contribution in [0.3, 0.4) is 0 Å². The van der Waals surface area contributed by atoms with Crippen LogP contribution in [0.1, 0.15) is 58.6 Å². The number of likely N-dealkylation sites (N-methyl/N-ethyl adjacent to an activating group) is 1. The predicted molar refractivity (Wildman–Crippen MR) is 138 cm³/mol. The van der Waals surface area contributed by atoms with Crippen molar-refractivity contribution in [3.05, 3.63) is 33.8 Å². The maximum atomic E-state index is 13.6. The summed E-state index contributed by atoms with van der Waals surface area (Å²) in [5.74, 6) is 0.751. The highest BCUT2D eigenvalue weighted by atomic mass is 79.9. The normalized spacial score (nSPS) is 33.9. The van der Waals surface area contributed by atoms with Gasteiger partial charge in [0.2, 0.25) is 0 Å². The van der Waals surface area contributed by atoms with Crippen LogP contribution in [0.5, 0.6) is 0 Å². The van der Waals surface area contributed by atoms with Gasteiger partial charge in [0.05, 0.1) is 6.10 Å². The first-order chi connectivity index (χ1) is 14.3. The van der Waals surface area contributed by atoms with Gasteiger partial charge >= 0.3 is 0 Å². The molecule has 2 aliphatic carbocycles. The zero-order valence-electron chi connectivity index (χ0n) is 20.0. The van der Waals surface area contributed by atoms with Crippen molar-refractivity contribution in [2.24, 2.45) is 17.3 Å². The van der Waals surface area contributed by atoms with E-state index in [1.165, 1.54) is 5.56 Å². The van der Waals surface area contributed by atoms with Crippen LogP contribution in [0.15, 0.2) is 22.7 Å². The number of ether oxygens (including phenoxy) is 1. The predicted octanol–water partition coefficient (Wildman–Crippen LogP) is 5.21. The van der Waals surface area contributed by atoms with Crippen LogP contribution in [-0.2, 0) is 28.1 Å². The van der Waals surface area contributed by atoms with Crippen LogP contribution in [-0.4, -0.2) is 46.5 Å². The fraction of sp³-hybridized carbons (Fsp3) is 0.708. The molecular weight excluding hydrogens is 492 g/mol. The Kier molecular flexibility index (Phi) is 7.29. The van der Waals surface area contributed by atoms with Crippen molar-refractivity contribution in [1.82, 2.24) is 9.62 Å². The SMILES string of the molecule is COC1[C@H](C)CC2(Cc3ccc(Br)cc3[C@@]2(N[S+]([O-])C(C)(C)C)C(=S)N(C)C)C[C@@H]1C. The Balaban J connectivity index is 2.28. The van der Waals surface area contributed by atoms with E-state index in [0.29, 0.717) is 11.8 Å². The number of halogens is 1. The second kappa shape index (κ2) is 8.88. The van der Waals surface area contributed by atoms with Gasteiger partial charge in [-0.1, -0.05) is 48.1 Å². The summed E-state index contributed by atoms with van der Waals surface area (Å²) < 4.78 is 23.8. The Morgan fingerprint density at radius 2 is 1.84 bits per heavy atom. The third kappa shape index (κ3) is 4.24. The molecule has 6 atom stereocenters. The van der Waals surface area contributed by atoms with Crippen molar-refractivity contribution in [2.45, 2.75) is 70.3 Å². The molecule has 0 heterocycles. The third-order valence-electron chi connectivity index (χ3n) is 7.15. The highest BCUT2D eigenvalue weighted by molar-refractivity contribution is 9.10. The van der Waals surface area contributed by atoms with Gasteiger partial charge < -0.3 is 14.2 Å². The standard InChI is InChI=1S/C24H37BrN2O2S2/c1-15-12-23(13-16(2)20(15)29-8)14-17-9-10-18(25)11-19(17)24(23,21(30)27(6)7)26-31(28)22(3,4)5/h9-11,15-16,20,26H,12-14H2,1-8H3/t15-,16+,20?,23?,24-,31?/m1/s1. The van der Waals surface area contributed by atoms with Gasteiger partial charge in [0.15, 0.2) is 0 Å². The lowest BCUT2D eigenvalue weighted by atomic mass is 9.56. The fourth-order valence-corrected chi connectivity index (χ4v) is 7.85. The van der Waals surface area contributed by atoms with Crippen LogP contribution in [0.4, 0.5) is 0 Å². The van der Waals surface area contributed by atoms with Gasteiger partial charge in [-0.3, -0.25) is 0 Å². The molecule has 1 aromatic carbocycles. The van der Waals surface area contributed by atoms with Crippen LogP contribution in [0, 0.1) is 17.3 Å². The third-order valence-corrected chi connectivity index (χ3v) is 9.92. The van der Waals surface area contributed by atoms with Crippen molar-refractivity contribution >= 4 is 44.5 Å². The molecule has 3 unspecified atom stereocenters. The highest BCUT2D eigenvalue weighted by Gasteiger charge is 2.65. The average Bonchev–Trinajstić information content (AvgIpc) is 2.89. The maximum Gasteiger partial charge on any atom is 0.144 e. The van der Waals surface area contributed by atoms with Crippen molar-refractivity contribution in [2.75, 3.05) is 21.2 Å². The molecule has 1 aromatic rings. The molecule has 7 heteroatoms. The van der Waals surface area contributed by atoms with Gasteiger partial charge in [0, 0.05) is 42.5 Å². The minimum atomic E-state index is -1.29. The lowest BCUT2D eigenvalue weighted by Gasteiger charge is -2.54. The lowest BCUT2D eigenvalue weighted by Crippen LogP contribution is -2.66. The van der Waals surface area contributed by atoms with Crippen LogP contribution < -0.4 is 4.72 Å². The Labute approximate surface area is 205 Å². The highest BCUT2D eigenvalue weighted by Crippen LogP contribution is 2.61. The first-order valence-corrected chi connectivity index (χ1v) is 13.4. The number of nitrogens with one attached hydrogen (secondary N) is 1. The molecule has 4 nitrogen and oxygen atoms in total. The van der Waals surface area contributed by atoms with Crippen molar-refractivity contribution in [1.29, 1.82) is 0 Å². The first-order valence-electron chi connectivity index (χ1n) is 11.0. The summed E-state index contributed by atoms with van der Waals surface area (Å²) in [5, 5.41) is 0. The Morgan fingerprint density at radius 3 is 2.32 bits per heavy atom. The summed E-state index contributed by atoms with van der Waals surface area (Å²) in [6.07, 6.45) is 3.07. The molecule has 0 saturated heterocycles. The number of rotatable bonds is 4. The number of thiocarbonyl (C=S) groups is 1. The topological polar surface area (TPSA) is 47.6 Å². The Morgan fingerprint density at radius 1 is 1.26 bits per heavy atom. The molecule has 0 bridgehead atoms. The van der Waals surface area contributed by atoms with Crippen molar-refractivity contribution in [3.63, 3.8) is 0 Å². The number of hydrogen-bond acceptors (Lipinski definition) is 4. The number of methoxy groups -OCH3 is 1. The summed E-state index contributed by atoms with van der Waals surface area (Å²) in [5.41, 5.74) is 1.59. The molecular formula is C24H37BrN2O2S2. The molecule has 31 heavy (non-hydrogen) atoms. The zero-order valence-corrected chi connectivity index (χ0v) is 23.3. The summed E-state index contributed by atoms with van der Waals surface area (Å²) in [4.78, 5) is 2.83. The fourth-order valence-electron chi connectivity index (χ4n) is 6.04. The summed E-state index contributed by atoms with van der Waals surface area (Å²) in [6, 6.07) is 6.50. The number of hydrogen-bond donors (Lipinski definition) is 1. The van der Waals surface area contributed by atoms with E-state index < -0.39 is 21.6 Å². The Hall–Kier alpha value is -0.180. The van der Waals surface area contributed by atoms with E-state index in [2.05, 4.69) is 52.7 Å². The summed E-state index contributed by atoms with van der Waals surface area (Å²) in [6.45, 7) is 10.6. The van der Waals surface area contributed by atoms with E-state index in [4.69, 9.17) is 17.0 Å². The second-order valence-corrected chi connectivity index (χ2v) is 14.0. The quantitative estimate of drug-likeness (QED) is 0.429.